The molecule has 1 aromatic rings. The van der Waals surface area contributed by atoms with E-state index in [1.807, 2.05) is 4.98 Å². The Kier molecular flexibility index (Phi) is 7.79. The van der Waals surface area contributed by atoms with Gasteiger partial charge >= 0.3 is 29.2 Å². The fraction of sp³-hybridized carbons (Fsp3) is 0.636. The molecule has 1 saturated heterocycles. The summed E-state index contributed by atoms with van der Waals surface area (Å²) in [6.45, 7) is 0.591. The van der Waals surface area contributed by atoms with E-state index >= 15 is 0 Å². The van der Waals surface area contributed by atoms with Crippen LogP contribution in [0.5, 0.6) is 0 Å². The van der Waals surface area contributed by atoms with Crippen molar-refractivity contribution in [3.63, 3.8) is 0 Å². The lowest BCUT2D eigenvalue weighted by Gasteiger charge is -2.20. The van der Waals surface area contributed by atoms with E-state index in [4.69, 9.17) is 9.63 Å². The summed E-state index contributed by atoms with van der Waals surface area (Å²) in [6.07, 6.45) is -2.58. The zero-order chi connectivity index (χ0) is 22.9. The molecule has 0 amide bonds. The van der Waals surface area contributed by atoms with E-state index in [1.165, 1.54) is 13.1 Å². The quantitative estimate of drug-likeness (QED) is 0.271. The first kappa shape index (κ1) is 25.3. The molecule has 172 valence electrons. The number of rotatable bonds is 9. The van der Waals surface area contributed by atoms with Crippen LogP contribution < -0.4 is 11.2 Å². The van der Waals surface area contributed by atoms with E-state index in [-0.39, 0.29) is 12.0 Å². The van der Waals surface area contributed by atoms with Gasteiger partial charge in [0.15, 0.2) is 0 Å². The molecule has 0 aliphatic carbocycles. The van der Waals surface area contributed by atoms with Gasteiger partial charge in [-0.15, -0.1) is 0 Å². The second-order valence-electron chi connectivity index (χ2n) is 5.96. The summed E-state index contributed by atoms with van der Waals surface area (Å²) in [4.78, 5) is 53.1. The van der Waals surface area contributed by atoms with Crippen molar-refractivity contribution in [3.05, 3.63) is 32.6 Å². The first-order chi connectivity index (χ1) is 13.6. The topological polar surface area (TPSA) is 233 Å². The number of aryl methyl sites for hydroxylation is 1. The Hall–Kier alpha value is -0.990. The molecule has 1 fully saturated rings. The van der Waals surface area contributed by atoms with Crippen LogP contribution in [0.25, 0.3) is 0 Å². The minimum Gasteiger partial charge on any atom is -0.390 e. The Balaban J connectivity index is 2.02. The lowest BCUT2D eigenvalue weighted by atomic mass is 10.2. The molecule has 30 heavy (non-hydrogen) atoms. The van der Waals surface area contributed by atoms with Crippen LogP contribution in [0.4, 0.5) is 0 Å². The maximum absolute atomic E-state index is 11.9. The number of H-pyrrole nitrogens is 1. The molecule has 0 spiro atoms. The van der Waals surface area contributed by atoms with Gasteiger partial charge in [-0.05, 0) is 6.92 Å². The normalized spacial score (nSPS) is 27.9. The van der Waals surface area contributed by atoms with Gasteiger partial charge in [0.2, 0.25) is 0 Å². The minimum atomic E-state index is -5.56. The summed E-state index contributed by atoms with van der Waals surface area (Å²) in [5, 5.41) is 10.0. The second kappa shape index (κ2) is 9.25. The molecule has 1 aliphatic rings. The average Bonchev–Trinajstić information content (AvgIpc) is 2.95. The molecule has 19 heteroatoms. The number of aliphatic hydroxyl groups excluding tert-OH is 1. The molecule has 0 radical (unpaired) electrons. The molecule has 1 aliphatic heterocycles. The number of hydrogen-bond donors (Lipinski definition) is 5. The largest absolute Gasteiger partial charge is 0.490 e. The van der Waals surface area contributed by atoms with Gasteiger partial charge in [-0.1, -0.05) is 0 Å². The Bertz CT molecular complexity index is 1030. The number of aromatic amines is 1. The second-order valence-corrected chi connectivity index (χ2v) is 10.7. The molecular formula is C11H19N2O14P3. The van der Waals surface area contributed by atoms with Gasteiger partial charge in [-0.3, -0.25) is 23.4 Å². The fourth-order valence-corrected chi connectivity index (χ4v) is 5.60. The Morgan fingerprint density at radius 2 is 1.77 bits per heavy atom. The maximum Gasteiger partial charge on any atom is 0.490 e. The summed E-state index contributed by atoms with van der Waals surface area (Å²) in [7, 11) is -15.3. The molecule has 2 heterocycles. The van der Waals surface area contributed by atoms with Gasteiger partial charge in [-0.25, -0.2) is 18.5 Å². The maximum atomic E-state index is 11.9. The van der Waals surface area contributed by atoms with Gasteiger partial charge in [0.1, 0.15) is 12.3 Å². The molecule has 0 bridgehead atoms. The zero-order valence-corrected chi connectivity index (χ0v) is 18.1. The fourth-order valence-electron chi connectivity index (χ4n) is 2.34. The highest BCUT2D eigenvalue weighted by atomic mass is 31.3. The van der Waals surface area contributed by atoms with E-state index in [9.17, 15) is 38.2 Å². The summed E-state index contributed by atoms with van der Waals surface area (Å²) in [5.41, 5.74) is -1.23. The third-order valence-electron chi connectivity index (χ3n) is 3.71. The number of aromatic nitrogens is 2. The number of phosphoric ester groups is 2. The Morgan fingerprint density at radius 3 is 2.37 bits per heavy atom. The first-order valence-corrected chi connectivity index (χ1v) is 12.4. The monoisotopic (exact) mass is 496 g/mol. The lowest BCUT2D eigenvalue weighted by molar-refractivity contribution is -0.0450. The van der Waals surface area contributed by atoms with Crippen LogP contribution in [-0.4, -0.2) is 55.3 Å². The number of ether oxygens (including phenoxy) is 1. The molecule has 16 nitrogen and oxygen atoms in total. The zero-order valence-electron chi connectivity index (χ0n) is 15.4. The predicted molar refractivity (Wildman–Crippen MR) is 95.2 cm³/mol. The van der Waals surface area contributed by atoms with Crippen molar-refractivity contribution in [2.24, 2.45) is 0 Å². The third-order valence-corrected chi connectivity index (χ3v) is 7.94. The van der Waals surface area contributed by atoms with Crippen molar-refractivity contribution in [1.82, 2.24) is 9.55 Å². The number of hydrogen-bond acceptors (Lipinski definition) is 11. The molecule has 5 N–H and O–H groups in total. The van der Waals surface area contributed by atoms with Crippen LogP contribution in [0, 0.1) is 6.92 Å². The number of nitrogens with zero attached hydrogens (tertiary/aromatic N) is 1. The SMILES string of the molecule is COP(=O)(O)OP(=O)(O)OP(=O)(O)OC[C@H]1O[C@@H](n2cc(C)c(=O)[nH]c2=O)C[C@@H]1O. The predicted octanol–water partition coefficient (Wildman–Crippen LogP) is -0.509. The summed E-state index contributed by atoms with van der Waals surface area (Å²) in [6, 6.07) is 0. The Morgan fingerprint density at radius 1 is 1.17 bits per heavy atom. The number of nitrogens with one attached hydrogen (secondary N) is 1. The average molecular weight is 496 g/mol. The first-order valence-electron chi connectivity index (χ1n) is 7.91. The molecule has 1 aromatic heterocycles. The number of aliphatic hydroxyl groups is 1. The Labute approximate surface area is 167 Å². The summed E-state index contributed by atoms with van der Waals surface area (Å²) < 4.78 is 56.8. The van der Waals surface area contributed by atoms with Gasteiger partial charge in [0, 0.05) is 25.3 Å². The highest BCUT2D eigenvalue weighted by molar-refractivity contribution is 7.66. The van der Waals surface area contributed by atoms with Crippen molar-refractivity contribution in [2.45, 2.75) is 31.8 Å². The van der Waals surface area contributed by atoms with Crippen molar-refractivity contribution in [1.29, 1.82) is 0 Å². The van der Waals surface area contributed by atoms with Crippen molar-refractivity contribution >= 4 is 23.5 Å². The van der Waals surface area contributed by atoms with Gasteiger partial charge in [0.25, 0.3) is 5.56 Å². The van der Waals surface area contributed by atoms with Crippen LogP contribution in [0.2, 0.25) is 0 Å². The van der Waals surface area contributed by atoms with Crippen LogP contribution in [-0.2, 0) is 36.1 Å². The van der Waals surface area contributed by atoms with Crippen molar-refractivity contribution < 1.29 is 55.9 Å². The highest BCUT2D eigenvalue weighted by Crippen LogP contribution is 2.67. The molecule has 2 rings (SSSR count). The highest BCUT2D eigenvalue weighted by Gasteiger charge is 2.43. The molecule has 3 unspecified atom stereocenters. The van der Waals surface area contributed by atoms with E-state index in [0.29, 0.717) is 7.11 Å². The summed E-state index contributed by atoms with van der Waals surface area (Å²) >= 11 is 0. The molecule has 6 atom stereocenters. The third kappa shape index (κ3) is 6.76. The lowest BCUT2D eigenvalue weighted by Crippen LogP contribution is -2.33. The molecule has 0 saturated carbocycles. The van der Waals surface area contributed by atoms with Crippen LogP contribution in [0.3, 0.4) is 0 Å². The molecular weight excluding hydrogens is 477 g/mol. The van der Waals surface area contributed by atoms with E-state index in [0.717, 1.165) is 4.57 Å². The standard InChI is InChI=1S/C11H19N2O14P3/c1-6-4-13(11(16)12-10(6)15)9-3-7(14)8(25-9)5-24-29(19,20)27-30(21,22)26-28(17,18)23-2/h4,7-9,14H,3,5H2,1-2H3,(H,17,18)(H,19,20)(H,21,22)(H,12,15,16)/t7-,8+,9+/m0/s1. The van der Waals surface area contributed by atoms with Crippen molar-refractivity contribution in [3.8, 4) is 0 Å². The van der Waals surface area contributed by atoms with Gasteiger partial charge < -0.3 is 24.5 Å². The minimum absolute atomic E-state index is 0.154. The van der Waals surface area contributed by atoms with Crippen LogP contribution >= 0.6 is 23.5 Å². The van der Waals surface area contributed by atoms with Crippen LogP contribution in [0.1, 0.15) is 18.2 Å². The van der Waals surface area contributed by atoms with Crippen LogP contribution in [0.15, 0.2) is 15.8 Å². The van der Waals surface area contributed by atoms with Crippen molar-refractivity contribution in [2.75, 3.05) is 13.7 Å². The van der Waals surface area contributed by atoms with Gasteiger partial charge in [0.05, 0.1) is 12.7 Å². The smallest absolute Gasteiger partial charge is 0.390 e. The summed E-state index contributed by atoms with van der Waals surface area (Å²) in [5.74, 6) is 0. The number of phosphoric acid groups is 3. The van der Waals surface area contributed by atoms with E-state index in [2.05, 4.69) is 17.7 Å². The van der Waals surface area contributed by atoms with Gasteiger partial charge in [-0.2, -0.15) is 8.62 Å². The van der Waals surface area contributed by atoms with E-state index in [1.54, 1.807) is 0 Å². The van der Waals surface area contributed by atoms with E-state index < -0.39 is 59.8 Å². The molecule has 0 aromatic carbocycles.